The summed E-state index contributed by atoms with van der Waals surface area (Å²) >= 11 is 0. The van der Waals surface area contributed by atoms with Crippen LogP contribution < -0.4 is 10.1 Å². The molecule has 2 aromatic rings. The number of imidazole rings is 1. The number of rotatable bonds is 5. The van der Waals surface area contributed by atoms with Gasteiger partial charge in [-0.25, -0.2) is 4.98 Å². The van der Waals surface area contributed by atoms with E-state index >= 15 is 0 Å². The number of benzene rings is 1. The molecule has 0 unspecified atom stereocenters. The molecule has 1 amide bonds. The van der Waals surface area contributed by atoms with Gasteiger partial charge in [-0.2, -0.15) is 0 Å². The maximum atomic E-state index is 12.0. The predicted octanol–water partition coefficient (Wildman–Crippen LogP) is 1.33. The third-order valence-electron chi connectivity index (χ3n) is 3.89. The Morgan fingerprint density at radius 1 is 1.36 bits per heavy atom. The van der Waals surface area contributed by atoms with Gasteiger partial charge >= 0.3 is 0 Å². The first-order chi connectivity index (χ1) is 10.8. The van der Waals surface area contributed by atoms with Crippen molar-refractivity contribution in [2.75, 3.05) is 32.8 Å². The molecule has 6 heteroatoms. The molecular formula is C16H22N4O2. The number of piperazine rings is 1. The zero-order chi connectivity index (χ0) is 15.4. The highest BCUT2D eigenvalue weighted by Gasteiger charge is 2.15. The number of fused-ring (bicyclic) bond motifs is 1. The third kappa shape index (κ3) is 3.39. The maximum absolute atomic E-state index is 12.0. The van der Waals surface area contributed by atoms with Crippen LogP contribution in [0.4, 0.5) is 0 Å². The van der Waals surface area contributed by atoms with Crippen LogP contribution in [0.1, 0.15) is 19.2 Å². The van der Waals surface area contributed by atoms with Gasteiger partial charge in [0.05, 0.1) is 24.1 Å². The Kier molecular flexibility index (Phi) is 4.58. The van der Waals surface area contributed by atoms with Crippen LogP contribution in [0.5, 0.6) is 5.75 Å². The van der Waals surface area contributed by atoms with Crippen molar-refractivity contribution in [1.29, 1.82) is 0 Å². The number of aromatic amines is 1. The van der Waals surface area contributed by atoms with Crippen LogP contribution in [0.3, 0.4) is 0 Å². The van der Waals surface area contributed by atoms with Gasteiger partial charge in [0.15, 0.2) is 0 Å². The van der Waals surface area contributed by atoms with Crippen molar-refractivity contribution in [3.8, 4) is 5.75 Å². The van der Waals surface area contributed by atoms with Gasteiger partial charge < -0.3 is 19.9 Å². The molecule has 0 radical (unpaired) electrons. The number of ether oxygens (including phenoxy) is 1. The molecule has 0 spiro atoms. The van der Waals surface area contributed by atoms with Crippen LogP contribution in [0.25, 0.3) is 11.0 Å². The molecule has 0 aliphatic carbocycles. The van der Waals surface area contributed by atoms with Gasteiger partial charge in [0.2, 0.25) is 5.91 Å². The maximum Gasteiger partial charge on any atom is 0.226 e. The standard InChI is InChI=1S/C16H22N4O2/c1-2-15-18-13-4-3-12(11-14(13)19-15)22-10-5-16(21)20-8-6-17-7-9-20/h3-4,11,17H,2,5-10H2,1H3,(H,18,19). The normalized spacial score (nSPS) is 15.2. The Bertz CT molecular complexity index is 647. The van der Waals surface area contributed by atoms with Crippen molar-refractivity contribution in [3.05, 3.63) is 24.0 Å². The fraction of sp³-hybridized carbons (Fsp3) is 0.500. The van der Waals surface area contributed by atoms with E-state index in [-0.39, 0.29) is 5.91 Å². The Morgan fingerprint density at radius 3 is 2.95 bits per heavy atom. The van der Waals surface area contributed by atoms with Crippen LogP contribution in [0.2, 0.25) is 0 Å². The molecule has 1 fully saturated rings. The van der Waals surface area contributed by atoms with E-state index < -0.39 is 0 Å². The van der Waals surface area contributed by atoms with E-state index in [0.717, 1.165) is 55.2 Å². The summed E-state index contributed by atoms with van der Waals surface area (Å²) in [5.41, 5.74) is 1.92. The SMILES string of the molecule is CCc1nc2ccc(OCCC(=O)N3CCNCC3)cc2[nH]1. The topological polar surface area (TPSA) is 70.2 Å². The Hall–Kier alpha value is -2.08. The summed E-state index contributed by atoms with van der Waals surface area (Å²) < 4.78 is 5.71. The van der Waals surface area contributed by atoms with Crippen LogP contribution in [-0.2, 0) is 11.2 Å². The predicted molar refractivity (Wildman–Crippen MR) is 85.0 cm³/mol. The van der Waals surface area contributed by atoms with E-state index in [1.54, 1.807) is 0 Å². The third-order valence-corrected chi connectivity index (χ3v) is 3.89. The van der Waals surface area contributed by atoms with E-state index in [0.29, 0.717) is 13.0 Å². The van der Waals surface area contributed by atoms with Crippen molar-refractivity contribution < 1.29 is 9.53 Å². The summed E-state index contributed by atoms with van der Waals surface area (Å²) in [7, 11) is 0. The Morgan fingerprint density at radius 2 is 2.18 bits per heavy atom. The van der Waals surface area contributed by atoms with Gasteiger partial charge in [-0.05, 0) is 12.1 Å². The van der Waals surface area contributed by atoms with E-state index in [9.17, 15) is 4.79 Å². The molecule has 1 aliphatic heterocycles. The first-order valence-corrected chi connectivity index (χ1v) is 7.86. The summed E-state index contributed by atoms with van der Waals surface area (Å²) in [5.74, 6) is 1.91. The number of aromatic nitrogens is 2. The molecule has 1 aliphatic rings. The number of nitrogens with one attached hydrogen (secondary N) is 2. The average molecular weight is 302 g/mol. The molecule has 1 aromatic heterocycles. The fourth-order valence-electron chi connectivity index (χ4n) is 2.63. The molecule has 6 nitrogen and oxygen atoms in total. The van der Waals surface area contributed by atoms with Crippen molar-refractivity contribution in [2.24, 2.45) is 0 Å². The lowest BCUT2D eigenvalue weighted by Crippen LogP contribution is -2.46. The highest BCUT2D eigenvalue weighted by molar-refractivity contribution is 5.77. The van der Waals surface area contributed by atoms with Crippen molar-refractivity contribution in [2.45, 2.75) is 19.8 Å². The van der Waals surface area contributed by atoms with Crippen LogP contribution >= 0.6 is 0 Å². The molecular weight excluding hydrogens is 280 g/mol. The second-order valence-corrected chi connectivity index (χ2v) is 5.45. The minimum absolute atomic E-state index is 0.164. The Balaban J connectivity index is 1.53. The fourth-order valence-corrected chi connectivity index (χ4v) is 2.63. The number of hydrogen-bond donors (Lipinski definition) is 2. The van der Waals surface area contributed by atoms with Crippen molar-refractivity contribution in [1.82, 2.24) is 20.2 Å². The lowest BCUT2D eigenvalue weighted by molar-refractivity contribution is -0.132. The molecule has 1 aromatic carbocycles. The number of carbonyl (C=O) groups excluding carboxylic acids is 1. The lowest BCUT2D eigenvalue weighted by Gasteiger charge is -2.27. The molecule has 0 saturated carbocycles. The molecule has 3 rings (SSSR count). The summed E-state index contributed by atoms with van der Waals surface area (Å²) in [5, 5.41) is 3.24. The first kappa shape index (κ1) is 14.8. The number of carbonyl (C=O) groups is 1. The zero-order valence-electron chi connectivity index (χ0n) is 12.9. The summed E-state index contributed by atoms with van der Waals surface area (Å²) in [4.78, 5) is 21.7. The number of hydrogen-bond acceptors (Lipinski definition) is 4. The summed E-state index contributed by atoms with van der Waals surface area (Å²) in [6.45, 7) is 5.81. The van der Waals surface area contributed by atoms with E-state index in [1.807, 2.05) is 23.1 Å². The number of aryl methyl sites for hydroxylation is 1. The number of nitrogens with zero attached hydrogens (tertiary/aromatic N) is 2. The van der Waals surface area contributed by atoms with Crippen molar-refractivity contribution >= 4 is 16.9 Å². The highest BCUT2D eigenvalue weighted by Crippen LogP contribution is 2.19. The first-order valence-electron chi connectivity index (χ1n) is 7.86. The van der Waals surface area contributed by atoms with E-state index in [1.165, 1.54) is 0 Å². The van der Waals surface area contributed by atoms with Gasteiger partial charge in [0.1, 0.15) is 11.6 Å². The summed E-state index contributed by atoms with van der Waals surface area (Å²) in [6, 6.07) is 5.78. The molecule has 0 atom stereocenters. The van der Waals surface area contributed by atoms with Crippen LogP contribution in [0.15, 0.2) is 18.2 Å². The average Bonchev–Trinajstić information content (AvgIpc) is 2.98. The second kappa shape index (κ2) is 6.79. The van der Waals surface area contributed by atoms with Gasteiger partial charge in [0, 0.05) is 38.7 Å². The molecule has 22 heavy (non-hydrogen) atoms. The monoisotopic (exact) mass is 302 g/mol. The molecule has 2 heterocycles. The number of amides is 1. The molecule has 0 bridgehead atoms. The van der Waals surface area contributed by atoms with E-state index in [2.05, 4.69) is 22.2 Å². The van der Waals surface area contributed by atoms with Crippen LogP contribution in [-0.4, -0.2) is 53.6 Å². The Labute approximate surface area is 129 Å². The molecule has 1 saturated heterocycles. The summed E-state index contributed by atoms with van der Waals surface area (Å²) in [6.07, 6.45) is 1.30. The van der Waals surface area contributed by atoms with Gasteiger partial charge in [-0.3, -0.25) is 4.79 Å². The smallest absolute Gasteiger partial charge is 0.226 e. The molecule has 118 valence electrons. The van der Waals surface area contributed by atoms with E-state index in [4.69, 9.17) is 4.74 Å². The van der Waals surface area contributed by atoms with Crippen molar-refractivity contribution in [3.63, 3.8) is 0 Å². The molecule has 2 N–H and O–H groups in total. The van der Waals surface area contributed by atoms with Gasteiger partial charge in [-0.1, -0.05) is 6.92 Å². The highest BCUT2D eigenvalue weighted by atomic mass is 16.5. The van der Waals surface area contributed by atoms with Gasteiger partial charge in [-0.15, -0.1) is 0 Å². The number of H-pyrrole nitrogens is 1. The quantitative estimate of drug-likeness (QED) is 0.874. The minimum Gasteiger partial charge on any atom is -0.493 e. The second-order valence-electron chi connectivity index (χ2n) is 5.45. The van der Waals surface area contributed by atoms with Crippen LogP contribution in [0, 0.1) is 0 Å². The zero-order valence-corrected chi connectivity index (χ0v) is 12.9. The van der Waals surface area contributed by atoms with Gasteiger partial charge in [0.25, 0.3) is 0 Å². The largest absolute Gasteiger partial charge is 0.493 e. The minimum atomic E-state index is 0.164. The lowest BCUT2D eigenvalue weighted by atomic mass is 10.3.